The molecule has 0 aromatic carbocycles. The van der Waals surface area contributed by atoms with E-state index in [-0.39, 0.29) is 30.1 Å². The molecule has 1 fully saturated rings. The second-order valence-corrected chi connectivity index (χ2v) is 8.59. The molecule has 8 nitrogen and oxygen atoms in total. The van der Waals surface area contributed by atoms with E-state index in [9.17, 15) is 4.79 Å². The van der Waals surface area contributed by atoms with Gasteiger partial charge in [0.1, 0.15) is 17.9 Å². The minimum Gasteiger partial charge on any atom is -0.444 e. The monoisotopic (exact) mass is 535 g/mol. The van der Waals surface area contributed by atoms with Crippen LogP contribution < -0.4 is 10.6 Å². The van der Waals surface area contributed by atoms with Crippen LogP contribution in [0.5, 0.6) is 0 Å². The number of piperidine rings is 1. The molecule has 1 aliphatic rings. The summed E-state index contributed by atoms with van der Waals surface area (Å²) in [6.45, 7) is 15.1. The second-order valence-electron chi connectivity index (χ2n) is 8.59. The predicted molar refractivity (Wildman–Crippen MR) is 129 cm³/mol. The number of aliphatic imine (C=N–C) groups is 1. The molecule has 0 aliphatic carbocycles. The van der Waals surface area contributed by atoms with Crippen molar-refractivity contribution < 1.29 is 13.9 Å². The van der Waals surface area contributed by atoms with E-state index in [1.807, 2.05) is 46.4 Å². The largest absolute Gasteiger partial charge is 0.444 e. The molecule has 0 bridgehead atoms. The molecule has 1 atom stereocenters. The molecule has 172 valence electrons. The van der Waals surface area contributed by atoms with Crippen molar-refractivity contribution in [2.75, 3.05) is 26.2 Å². The van der Waals surface area contributed by atoms with E-state index in [4.69, 9.17) is 9.15 Å². The third-order valence-corrected chi connectivity index (χ3v) is 4.81. The number of guanidine groups is 1. The Morgan fingerprint density at radius 3 is 2.67 bits per heavy atom. The van der Waals surface area contributed by atoms with Crippen LogP contribution in [0.4, 0.5) is 4.79 Å². The van der Waals surface area contributed by atoms with Gasteiger partial charge in [0.2, 0.25) is 5.89 Å². The number of carbonyl (C=O) groups excluding carboxylic acids is 1. The van der Waals surface area contributed by atoms with Crippen LogP contribution >= 0.6 is 24.0 Å². The summed E-state index contributed by atoms with van der Waals surface area (Å²) in [5.41, 5.74) is 0.447. The van der Waals surface area contributed by atoms with Gasteiger partial charge in [0.05, 0.1) is 5.69 Å². The van der Waals surface area contributed by atoms with Crippen molar-refractivity contribution in [2.45, 2.75) is 73.0 Å². The number of carbonyl (C=O) groups is 1. The molecule has 1 aliphatic heterocycles. The Labute approximate surface area is 197 Å². The summed E-state index contributed by atoms with van der Waals surface area (Å²) in [5.74, 6) is 2.67. The van der Waals surface area contributed by atoms with Gasteiger partial charge in [0.15, 0.2) is 5.96 Å². The normalized spacial score (nSPS) is 17.3. The van der Waals surface area contributed by atoms with Crippen LogP contribution in [0, 0.1) is 19.8 Å². The van der Waals surface area contributed by atoms with Gasteiger partial charge in [-0.25, -0.2) is 14.8 Å². The molecule has 1 amide bonds. The quantitative estimate of drug-likeness (QED) is 0.325. The van der Waals surface area contributed by atoms with Crippen LogP contribution in [0.25, 0.3) is 0 Å². The van der Waals surface area contributed by atoms with Crippen molar-refractivity contribution in [1.82, 2.24) is 20.5 Å². The number of nitrogens with zero attached hydrogens (tertiary/aromatic N) is 3. The number of aromatic nitrogens is 1. The Kier molecular flexibility index (Phi) is 10.9. The summed E-state index contributed by atoms with van der Waals surface area (Å²) < 4.78 is 11.1. The third kappa shape index (κ3) is 9.09. The van der Waals surface area contributed by atoms with Crippen LogP contribution in [0.15, 0.2) is 9.41 Å². The Balaban J connectivity index is 0.00000450. The predicted octanol–water partition coefficient (Wildman–Crippen LogP) is 4.00. The van der Waals surface area contributed by atoms with Crippen molar-refractivity contribution in [3.05, 3.63) is 17.3 Å². The maximum absolute atomic E-state index is 12.3. The van der Waals surface area contributed by atoms with Gasteiger partial charge in [-0.3, -0.25) is 0 Å². The van der Waals surface area contributed by atoms with E-state index < -0.39 is 5.60 Å². The highest BCUT2D eigenvalue weighted by molar-refractivity contribution is 14.0. The van der Waals surface area contributed by atoms with Gasteiger partial charge in [0.25, 0.3) is 0 Å². The average Bonchev–Trinajstić information content (AvgIpc) is 2.96. The molecule has 2 heterocycles. The standard InChI is InChI=1S/C21H37N5O3.HI/c1-7-22-19(24-13-18-25-15(2)16(3)28-18)23-11-10-17-9-8-12-26(14-17)20(27)29-21(4,5)6;/h17H,7-14H2,1-6H3,(H2,22,23,24);1H. The molecule has 2 N–H and O–H groups in total. The molecule has 0 radical (unpaired) electrons. The number of nitrogens with one attached hydrogen (secondary N) is 2. The SMILES string of the molecule is CCNC(=NCc1nc(C)c(C)o1)NCCC1CCCN(C(=O)OC(C)(C)C)C1.I. The van der Waals surface area contributed by atoms with Gasteiger partial charge < -0.3 is 24.7 Å². The summed E-state index contributed by atoms with van der Waals surface area (Å²) in [7, 11) is 0. The lowest BCUT2D eigenvalue weighted by Crippen LogP contribution is -2.44. The van der Waals surface area contributed by atoms with Crippen molar-refractivity contribution in [3.8, 4) is 0 Å². The molecule has 1 saturated heterocycles. The van der Waals surface area contributed by atoms with Crippen molar-refractivity contribution in [3.63, 3.8) is 0 Å². The fourth-order valence-corrected chi connectivity index (χ4v) is 3.28. The first-order chi connectivity index (χ1) is 13.7. The first kappa shape index (κ1) is 26.5. The molecule has 0 saturated carbocycles. The molecule has 2 rings (SSSR count). The minimum atomic E-state index is -0.456. The summed E-state index contributed by atoms with van der Waals surface area (Å²) in [5, 5.41) is 6.63. The van der Waals surface area contributed by atoms with Gasteiger partial charge >= 0.3 is 6.09 Å². The van der Waals surface area contributed by atoms with E-state index in [1.54, 1.807) is 0 Å². The smallest absolute Gasteiger partial charge is 0.410 e. The zero-order valence-electron chi connectivity index (χ0n) is 19.2. The van der Waals surface area contributed by atoms with Gasteiger partial charge in [-0.2, -0.15) is 0 Å². The molecule has 1 unspecified atom stereocenters. The second kappa shape index (κ2) is 12.4. The maximum Gasteiger partial charge on any atom is 0.410 e. The molecule has 1 aromatic heterocycles. The van der Waals surface area contributed by atoms with Gasteiger partial charge in [-0.05, 0) is 66.7 Å². The molecule has 30 heavy (non-hydrogen) atoms. The minimum absolute atomic E-state index is 0. The van der Waals surface area contributed by atoms with Crippen LogP contribution in [0.3, 0.4) is 0 Å². The third-order valence-electron chi connectivity index (χ3n) is 4.81. The first-order valence-electron chi connectivity index (χ1n) is 10.6. The number of hydrogen-bond acceptors (Lipinski definition) is 5. The highest BCUT2D eigenvalue weighted by Gasteiger charge is 2.27. The molecule has 0 spiro atoms. The number of ether oxygens (including phenoxy) is 1. The summed E-state index contributed by atoms with van der Waals surface area (Å²) in [4.78, 5) is 23.1. The van der Waals surface area contributed by atoms with Gasteiger partial charge in [-0.1, -0.05) is 0 Å². The molecule has 1 aromatic rings. The van der Waals surface area contributed by atoms with E-state index in [2.05, 4.69) is 20.6 Å². The van der Waals surface area contributed by atoms with Crippen LogP contribution in [0.2, 0.25) is 0 Å². The average molecular weight is 535 g/mol. The Bertz CT molecular complexity index is 680. The van der Waals surface area contributed by atoms with Gasteiger partial charge in [0, 0.05) is 26.2 Å². The van der Waals surface area contributed by atoms with Crippen LogP contribution in [0.1, 0.15) is 64.3 Å². The van der Waals surface area contributed by atoms with Crippen molar-refractivity contribution in [2.24, 2.45) is 10.9 Å². The first-order valence-corrected chi connectivity index (χ1v) is 10.6. The number of rotatable bonds is 6. The molecular formula is C21H38IN5O3. The number of likely N-dealkylation sites (tertiary alicyclic amines) is 1. The molecular weight excluding hydrogens is 497 g/mol. The highest BCUT2D eigenvalue weighted by Crippen LogP contribution is 2.21. The Hall–Kier alpha value is -1.52. The van der Waals surface area contributed by atoms with Crippen LogP contribution in [-0.2, 0) is 11.3 Å². The van der Waals surface area contributed by atoms with Crippen molar-refractivity contribution in [1.29, 1.82) is 0 Å². The fourth-order valence-electron chi connectivity index (χ4n) is 3.28. The lowest BCUT2D eigenvalue weighted by atomic mass is 9.95. The highest BCUT2D eigenvalue weighted by atomic mass is 127. The number of aryl methyl sites for hydroxylation is 2. The number of oxazole rings is 1. The lowest BCUT2D eigenvalue weighted by Gasteiger charge is -2.34. The Morgan fingerprint density at radius 2 is 2.07 bits per heavy atom. The zero-order chi connectivity index (χ0) is 21.4. The van der Waals surface area contributed by atoms with Gasteiger partial charge in [-0.15, -0.1) is 24.0 Å². The number of halogens is 1. The maximum atomic E-state index is 12.3. The van der Waals surface area contributed by atoms with Crippen LogP contribution in [-0.4, -0.2) is 53.7 Å². The Morgan fingerprint density at radius 1 is 1.33 bits per heavy atom. The van der Waals surface area contributed by atoms with E-state index in [0.29, 0.717) is 18.4 Å². The van der Waals surface area contributed by atoms with E-state index in [0.717, 1.165) is 62.9 Å². The number of hydrogen-bond donors (Lipinski definition) is 2. The fraction of sp³-hybridized carbons (Fsp3) is 0.762. The zero-order valence-corrected chi connectivity index (χ0v) is 21.5. The number of amides is 1. The molecule has 9 heteroatoms. The summed E-state index contributed by atoms with van der Waals surface area (Å²) in [6.07, 6.45) is 2.91. The van der Waals surface area contributed by atoms with Crippen molar-refractivity contribution >= 4 is 36.0 Å². The topological polar surface area (TPSA) is 92.0 Å². The lowest BCUT2D eigenvalue weighted by molar-refractivity contribution is 0.0162. The van der Waals surface area contributed by atoms with E-state index >= 15 is 0 Å². The summed E-state index contributed by atoms with van der Waals surface area (Å²) in [6, 6.07) is 0. The summed E-state index contributed by atoms with van der Waals surface area (Å²) >= 11 is 0. The van der Waals surface area contributed by atoms with E-state index in [1.165, 1.54) is 0 Å².